The van der Waals surface area contributed by atoms with E-state index in [0.29, 0.717) is 25.1 Å². The lowest BCUT2D eigenvalue weighted by molar-refractivity contribution is -0.139. The number of rotatable bonds is 10. The van der Waals surface area contributed by atoms with Crippen molar-refractivity contribution < 1.29 is 14.4 Å². The number of urea groups is 1. The van der Waals surface area contributed by atoms with Crippen LogP contribution in [0.25, 0.3) is 0 Å². The molecule has 26 heavy (non-hydrogen) atoms. The Balaban J connectivity index is 2.89. The summed E-state index contributed by atoms with van der Waals surface area (Å²) < 4.78 is 0. The van der Waals surface area contributed by atoms with Crippen LogP contribution in [0.15, 0.2) is 30.3 Å². The molecular formula is C19H30N4O3. The minimum Gasteiger partial charge on any atom is -0.352 e. The molecule has 0 aliphatic carbocycles. The summed E-state index contributed by atoms with van der Waals surface area (Å²) in [7, 11) is 0. The van der Waals surface area contributed by atoms with Crippen molar-refractivity contribution in [3.05, 3.63) is 30.3 Å². The maximum atomic E-state index is 12.9. The summed E-state index contributed by atoms with van der Waals surface area (Å²) >= 11 is 0. The van der Waals surface area contributed by atoms with Gasteiger partial charge in [0.1, 0.15) is 12.1 Å². The van der Waals surface area contributed by atoms with Gasteiger partial charge in [0.15, 0.2) is 0 Å². The first kappa shape index (κ1) is 21.5. The summed E-state index contributed by atoms with van der Waals surface area (Å²) in [4.78, 5) is 38.3. The molecule has 0 saturated heterocycles. The molecule has 4 N–H and O–H groups in total. The van der Waals surface area contributed by atoms with E-state index in [0.717, 1.165) is 12.8 Å². The Kier molecular flexibility index (Phi) is 9.19. The number of carbonyl (C=O) groups excluding carboxylic acids is 3. The number of para-hydroxylation sites is 1. The number of benzene rings is 1. The zero-order chi connectivity index (χ0) is 19.5. The van der Waals surface area contributed by atoms with Crippen molar-refractivity contribution >= 4 is 23.5 Å². The molecule has 0 bridgehead atoms. The van der Waals surface area contributed by atoms with Gasteiger partial charge in [0.05, 0.1) is 0 Å². The molecule has 2 atom stereocenters. The monoisotopic (exact) mass is 362 g/mol. The van der Waals surface area contributed by atoms with Gasteiger partial charge in [-0.2, -0.15) is 0 Å². The third kappa shape index (κ3) is 6.74. The van der Waals surface area contributed by atoms with Gasteiger partial charge >= 0.3 is 6.03 Å². The van der Waals surface area contributed by atoms with Crippen molar-refractivity contribution in [1.82, 2.24) is 10.2 Å². The first-order valence-electron chi connectivity index (χ1n) is 9.13. The summed E-state index contributed by atoms with van der Waals surface area (Å²) in [6.45, 7) is 6.05. The molecular weight excluding hydrogens is 332 g/mol. The number of carbonyl (C=O) groups is 3. The molecule has 0 spiro atoms. The Hall–Kier alpha value is -2.57. The zero-order valence-electron chi connectivity index (χ0n) is 15.8. The molecule has 0 fully saturated rings. The zero-order valence-corrected chi connectivity index (χ0v) is 15.8. The van der Waals surface area contributed by atoms with Crippen LogP contribution in [0.1, 0.15) is 46.5 Å². The minimum absolute atomic E-state index is 0.272. The van der Waals surface area contributed by atoms with Gasteiger partial charge in [-0.1, -0.05) is 44.9 Å². The van der Waals surface area contributed by atoms with E-state index in [-0.39, 0.29) is 11.8 Å². The van der Waals surface area contributed by atoms with Crippen LogP contribution in [-0.2, 0) is 9.59 Å². The van der Waals surface area contributed by atoms with Gasteiger partial charge in [-0.05, 0) is 31.9 Å². The standard InChI is InChI=1S/C19H30N4O3/c1-4-6-12-16(22-19(20)26)18(25)23(13-5-2)14(3)17(24)21-15-10-8-7-9-11-15/h7-11,14,16H,4-6,12-13H2,1-3H3,(H,21,24)(H3,20,22,26). The van der Waals surface area contributed by atoms with E-state index >= 15 is 0 Å². The molecule has 0 saturated carbocycles. The van der Waals surface area contributed by atoms with Gasteiger partial charge in [0.25, 0.3) is 0 Å². The van der Waals surface area contributed by atoms with Gasteiger partial charge in [-0.25, -0.2) is 4.79 Å². The molecule has 1 aromatic rings. The van der Waals surface area contributed by atoms with Gasteiger partial charge in [-0.15, -0.1) is 0 Å². The smallest absolute Gasteiger partial charge is 0.312 e. The van der Waals surface area contributed by atoms with Crippen molar-refractivity contribution in [2.75, 3.05) is 11.9 Å². The van der Waals surface area contributed by atoms with E-state index < -0.39 is 18.1 Å². The summed E-state index contributed by atoms with van der Waals surface area (Å²) in [6, 6.07) is 6.97. The number of nitrogens with zero attached hydrogens (tertiary/aromatic N) is 1. The molecule has 0 aliphatic heterocycles. The molecule has 1 rings (SSSR count). The summed E-state index contributed by atoms with van der Waals surface area (Å²) in [5.74, 6) is -0.555. The molecule has 144 valence electrons. The Morgan fingerprint density at radius 2 is 1.77 bits per heavy atom. The van der Waals surface area contributed by atoms with E-state index in [1.54, 1.807) is 19.1 Å². The van der Waals surface area contributed by atoms with Crippen molar-refractivity contribution in [3.8, 4) is 0 Å². The predicted molar refractivity (Wildman–Crippen MR) is 103 cm³/mol. The lowest BCUT2D eigenvalue weighted by Gasteiger charge is -2.31. The summed E-state index contributed by atoms with van der Waals surface area (Å²) in [5.41, 5.74) is 5.89. The maximum Gasteiger partial charge on any atom is 0.312 e. The summed E-state index contributed by atoms with van der Waals surface area (Å²) in [5, 5.41) is 5.33. The van der Waals surface area contributed by atoms with Crippen molar-refractivity contribution in [1.29, 1.82) is 0 Å². The number of primary amides is 1. The van der Waals surface area contributed by atoms with Gasteiger partial charge in [-0.3, -0.25) is 9.59 Å². The fourth-order valence-corrected chi connectivity index (χ4v) is 2.68. The third-order valence-electron chi connectivity index (χ3n) is 4.10. The number of unbranched alkanes of at least 4 members (excludes halogenated alkanes) is 1. The molecule has 2 unspecified atom stereocenters. The average Bonchev–Trinajstić information content (AvgIpc) is 2.62. The van der Waals surface area contributed by atoms with Crippen LogP contribution < -0.4 is 16.4 Å². The topological polar surface area (TPSA) is 105 Å². The van der Waals surface area contributed by atoms with Crippen LogP contribution in [-0.4, -0.2) is 41.4 Å². The maximum absolute atomic E-state index is 12.9. The second-order valence-corrected chi connectivity index (χ2v) is 6.27. The first-order chi connectivity index (χ1) is 12.4. The Morgan fingerprint density at radius 1 is 1.12 bits per heavy atom. The number of amides is 4. The number of nitrogens with two attached hydrogens (primary N) is 1. The molecule has 0 radical (unpaired) electrons. The van der Waals surface area contributed by atoms with E-state index in [2.05, 4.69) is 10.6 Å². The van der Waals surface area contributed by atoms with Crippen molar-refractivity contribution in [2.45, 2.75) is 58.5 Å². The van der Waals surface area contributed by atoms with Crippen LogP contribution in [0.4, 0.5) is 10.5 Å². The average molecular weight is 362 g/mol. The van der Waals surface area contributed by atoms with Crippen LogP contribution >= 0.6 is 0 Å². The third-order valence-corrected chi connectivity index (χ3v) is 4.10. The molecule has 1 aromatic carbocycles. The van der Waals surface area contributed by atoms with Gasteiger partial charge < -0.3 is 21.3 Å². The number of nitrogens with one attached hydrogen (secondary N) is 2. The normalized spacial score (nSPS) is 12.7. The fourth-order valence-electron chi connectivity index (χ4n) is 2.68. The van der Waals surface area contributed by atoms with Crippen LogP contribution in [0.3, 0.4) is 0 Å². The highest BCUT2D eigenvalue weighted by Gasteiger charge is 2.31. The Morgan fingerprint density at radius 3 is 2.31 bits per heavy atom. The highest BCUT2D eigenvalue weighted by Crippen LogP contribution is 2.12. The second-order valence-electron chi connectivity index (χ2n) is 6.27. The van der Waals surface area contributed by atoms with Crippen molar-refractivity contribution in [3.63, 3.8) is 0 Å². The molecule has 4 amide bonds. The van der Waals surface area contributed by atoms with E-state index in [4.69, 9.17) is 5.73 Å². The predicted octanol–water partition coefficient (Wildman–Crippen LogP) is 2.48. The van der Waals surface area contributed by atoms with Crippen LogP contribution in [0, 0.1) is 0 Å². The van der Waals surface area contributed by atoms with Crippen molar-refractivity contribution in [2.24, 2.45) is 5.73 Å². The Labute approximate surface area is 155 Å². The summed E-state index contributed by atoms with van der Waals surface area (Å²) in [6.07, 6.45) is 2.86. The van der Waals surface area contributed by atoms with E-state index in [1.807, 2.05) is 32.0 Å². The van der Waals surface area contributed by atoms with Crippen LogP contribution in [0.5, 0.6) is 0 Å². The Bertz CT molecular complexity index is 592. The van der Waals surface area contributed by atoms with Gasteiger partial charge in [0.2, 0.25) is 11.8 Å². The molecule has 0 heterocycles. The largest absolute Gasteiger partial charge is 0.352 e. The minimum atomic E-state index is -0.739. The molecule has 0 aromatic heterocycles. The second kappa shape index (κ2) is 11.1. The van der Waals surface area contributed by atoms with E-state index in [1.165, 1.54) is 4.90 Å². The van der Waals surface area contributed by atoms with Gasteiger partial charge in [0, 0.05) is 12.2 Å². The first-order valence-corrected chi connectivity index (χ1v) is 9.13. The lowest BCUT2D eigenvalue weighted by atomic mass is 10.1. The highest BCUT2D eigenvalue weighted by molar-refractivity contribution is 5.98. The lowest BCUT2D eigenvalue weighted by Crippen LogP contribution is -2.55. The quantitative estimate of drug-likeness (QED) is 0.595. The SMILES string of the molecule is CCCCC(NC(N)=O)C(=O)N(CCC)C(C)C(=O)Nc1ccccc1. The fraction of sp³-hybridized carbons (Fsp3) is 0.526. The number of anilines is 1. The molecule has 7 nitrogen and oxygen atoms in total. The number of hydrogen-bond acceptors (Lipinski definition) is 3. The molecule has 7 heteroatoms. The highest BCUT2D eigenvalue weighted by atomic mass is 16.2. The van der Waals surface area contributed by atoms with E-state index in [9.17, 15) is 14.4 Å². The molecule has 0 aliphatic rings. The number of hydrogen-bond donors (Lipinski definition) is 3. The van der Waals surface area contributed by atoms with Crippen LogP contribution in [0.2, 0.25) is 0 Å².